The van der Waals surface area contributed by atoms with Crippen molar-refractivity contribution in [2.75, 3.05) is 0 Å². The average Bonchev–Trinajstić information content (AvgIpc) is 2.76. The number of aromatic nitrogens is 2. The van der Waals surface area contributed by atoms with Crippen molar-refractivity contribution in [1.82, 2.24) is 15.1 Å². The normalized spacial score (nSPS) is 13.0. The minimum Gasteiger partial charge on any atom is -0.345 e. The topological polar surface area (TPSA) is 46.9 Å². The number of hydrogen-bond donors (Lipinski definition) is 1. The molecule has 1 heterocycles. The second kappa shape index (κ2) is 6.77. The first-order valence-corrected chi connectivity index (χ1v) is 8.60. The quantitative estimate of drug-likeness (QED) is 0.824. The highest BCUT2D eigenvalue weighted by molar-refractivity contribution is 6.42. The van der Waals surface area contributed by atoms with Crippen LogP contribution in [0.1, 0.15) is 61.0 Å². The van der Waals surface area contributed by atoms with Crippen molar-refractivity contribution in [3.05, 3.63) is 50.8 Å². The second-order valence-corrected chi connectivity index (χ2v) is 7.81. The first-order chi connectivity index (χ1) is 11.0. The van der Waals surface area contributed by atoms with E-state index in [-0.39, 0.29) is 17.5 Å². The third-order valence-electron chi connectivity index (χ3n) is 3.95. The molecule has 1 atom stereocenters. The molecule has 1 aromatic carbocycles. The highest BCUT2D eigenvalue weighted by Crippen LogP contribution is 2.26. The van der Waals surface area contributed by atoms with Gasteiger partial charge in [-0.1, -0.05) is 29.3 Å². The molecule has 2 rings (SSSR count). The van der Waals surface area contributed by atoms with Gasteiger partial charge < -0.3 is 5.32 Å². The van der Waals surface area contributed by atoms with Crippen molar-refractivity contribution < 1.29 is 4.79 Å². The van der Waals surface area contributed by atoms with E-state index in [9.17, 15) is 4.79 Å². The predicted octanol–water partition coefficient (Wildman–Crippen LogP) is 5.05. The lowest BCUT2D eigenvalue weighted by Crippen LogP contribution is -2.28. The number of amides is 1. The zero-order valence-electron chi connectivity index (χ0n) is 14.9. The summed E-state index contributed by atoms with van der Waals surface area (Å²) >= 11 is 12.0. The molecule has 0 saturated carbocycles. The SMILES string of the molecule is Cc1nn(C(C)(C)C)c(C)c1C(=O)N[C@H](C)c1ccc(Cl)c(Cl)c1. The molecule has 6 heteroatoms. The molecule has 0 aliphatic heterocycles. The molecule has 1 N–H and O–H groups in total. The van der Waals surface area contributed by atoms with Crippen molar-refractivity contribution in [3.63, 3.8) is 0 Å². The molecule has 0 bridgehead atoms. The van der Waals surface area contributed by atoms with Crippen molar-refractivity contribution in [2.45, 2.75) is 53.1 Å². The zero-order valence-corrected chi connectivity index (χ0v) is 16.4. The third-order valence-corrected chi connectivity index (χ3v) is 4.68. The number of carbonyl (C=O) groups is 1. The van der Waals surface area contributed by atoms with Crippen LogP contribution in [0.5, 0.6) is 0 Å². The number of nitrogens with zero attached hydrogens (tertiary/aromatic N) is 2. The number of hydrogen-bond acceptors (Lipinski definition) is 2. The van der Waals surface area contributed by atoms with Gasteiger partial charge in [0.1, 0.15) is 0 Å². The van der Waals surface area contributed by atoms with Crippen molar-refractivity contribution in [2.24, 2.45) is 0 Å². The Labute approximate surface area is 153 Å². The van der Waals surface area contributed by atoms with E-state index in [0.717, 1.165) is 17.0 Å². The van der Waals surface area contributed by atoms with Crippen molar-refractivity contribution in [1.29, 1.82) is 0 Å². The minimum atomic E-state index is -0.191. The van der Waals surface area contributed by atoms with Gasteiger partial charge in [0.05, 0.1) is 32.9 Å². The van der Waals surface area contributed by atoms with Gasteiger partial charge in [-0.15, -0.1) is 0 Å². The summed E-state index contributed by atoms with van der Waals surface area (Å²) in [6.07, 6.45) is 0. The number of halogens is 2. The Bertz CT molecular complexity index is 775. The van der Waals surface area contributed by atoms with Crippen LogP contribution in [0.25, 0.3) is 0 Å². The molecule has 0 unspecified atom stereocenters. The van der Waals surface area contributed by atoms with Gasteiger partial charge in [-0.25, -0.2) is 0 Å². The van der Waals surface area contributed by atoms with Gasteiger partial charge in [0.15, 0.2) is 0 Å². The zero-order chi connectivity index (χ0) is 18.2. The Kier molecular flexibility index (Phi) is 5.31. The Morgan fingerprint density at radius 1 is 1.21 bits per heavy atom. The van der Waals surface area contributed by atoms with Crippen LogP contribution < -0.4 is 5.32 Å². The first kappa shape index (κ1) is 18.8. The Morgan fingerprint density at radius 3 is 2.33 bits per heavy atom. The van der Waals surface area contributed by atoms with Crippen LogP contribution in [0.2, 0.25) is 10.0 Å². The standard InChI is InChI=1S/C18H23Cl2N3O/c1-10(13-7-8-14(19)15(20)9-13)21-17(24)16-11(2)22-23(12(16)3)18(4,5)6/h7-10H,1-6H3,(H,21,24)/t10-/m1/s1. The van der Waals surface area contributed by atoms with Crippen LogP contribution in [-0.4, -0.2) is 15.7 Å². The summed E-state index contributed by atoms with van der Waals surface area (Å²) in [5.74, 6) is -0.140. The molecule has 1 aromatic heterocycles. The molecule has 0 radical (unpaired) electrons. The molecular formula is C18H23Cl2N3O. The van der Waals surface area contributed by atoms with E-state index in [1.165, 1.54) is 0 Å². The predicted molar refractivity (Wildman–Crippen MR) is 99.0 cm³/mol. The van der Waals surface area contributed by atoms with Gasteiger partial charge >= 0.3 is 0 Å². The fourth-order valence-electron chi connectivity index (χ4n) is 2.76. The van der Waals surface area contributed by atoms with Gasteiger partial charge in [-0.2, -0.15) is 5.10 Å². The molecule has 0 aliphatic rings. The van der Waals surface area contributed by atoms with E-state index in [1.807, 2.05) is 31.5 Å². The molecule has 0 aliphatic carbocycles. The summed E-state index contributed by atoms with van der Waals surface area (Å²) < 4.78 is 1.89. The molecule has 24 heavy (non-hydrogen) atoms. The maximum absolute atomic E-state index is 12.7. The summed E-state index contributed by atoms with van der Waals surface area (Å²) in [7, 11) is 0. The number of aryl methyl sites for hydroxylation is 1. The fraction of sp³-hybridized carbons (Fsp3) is 0.444. The van der Waals surface area contributed by atoms with E-state index in [0.29, 0.717) is 15.6 Å². The fourth-order valence-corrected chi connectivity index (χ4v) is 3.06. The largest absolute Gasteiger partial charge is 0.345 e. The lowest BCUT2D eigenvalue weighted by molar-refractivity contribution is 0.0938. The van der Waals surface area contributed by atoms with Crippen molar-refractivity contribution in [3.8, 4) is 0 Å². The van der Waals surface area contributed by atoms with E-state index in [4.69, 9.17) is 23.2 Å². The van der Waals surface area contributed by atoms with Crippen LogP contribution in [0.15, 0.2) is 18.2 Å². The summed E-state index contributed by atoms with van der Waals surface area (Å²) in [5.41, 5.74) is 2.93. The van der Waals surface area contributed by atoms with E-state index in [2.05, 4.69) is 31.2 Å². The number of benzene rings is 1. The van der Waals surface area contributed by atoms with E-state index >= 15 is 0 Å². The lowest BCUT2D eigenvalue weighted by Gasteiger charge is -2.21. The second-order valence-electron chi connectivity index (χ2n) is 7.00. The molecular weight excluding hydrogens is 345 g/mol. The molecule has 0 fully saturated rings. The summed E-state index contributed by atoms with van der Waals surface area (Å²) in [6, 6.07) is 5.17. The van der Waals surface area contributed by atoms with Gasteiger partial charge in [0, 0.05) is 5.69 Å². The van der Waals surface area contributed by atoms with E-state index < -0.39 is 0 Å². The Morgan fingerprint density at radius 2 is 1.83 bits per heavy atom. The Balaban J connectivity index is 2.27. The first-order valence-electron chi connectivity index (χ1n) is 7.85. The van der Waals surface area contributed by atoms with E-state index in [1.54, 1.807) is 12.1 Å². The highest BCUT2D eigenvalue weighted by Gasteiger charge is 2.25. The summed E-state index contributed by atoms with van der Waals surface area (Å²) in [4.78, 5) is 12.7. The van der Waals surface area contributed by atoms with Crippen molar-refractivity contribution >= 4 is 29.1 Å². The van der Waals surface area contributed by atoms with Crippen LogP contribution in [0.3, 0.4) is 0 Å². The third kappa shape index (κ3) is 3.76. The molecule has 2 aromatic rings. The molecule has 0 spiro atoms. The maximum Gasteiger partial charge on any atom is 0.255 e. The van der Waals surface area contributed by atoms with Crippen LogP contribution in [0, 0.1) is 13.8 Å². The summed E-state index contributed by atoms with van der Waals surface area (Å²) in [6.45, 7) is 11.9. The molecule has 1 amide bonds. The smallest absolute Gasteiger partial charge is 0.255 e. The number of nitrogens with one attached hydrogen (secondary N) is 1. The van der Waals surface area contributed by atoms with Crippen LogP contribution in [-0.2, 0) is 5.54 Å². The van der Waals surface area contributed by atoms with Gasteiger partial charge in [0.25, 0.3) is 5.91 Å². The Hall–Kier alpha value is -1.52. The minimum absolute atomic E-state index is 0.140. The molecule has 0 saturated heterocycles. The number of rotatable bonds is 3. The molecule has 130 valence electrons. The monoisotopic (exact) mass is 367 g/mol. The maximum atomic E-state index is 12.7. The molecule has 4 nitrogen and oxygen atoms in total. The number of carbonyl (C=O) groups excluding carboxylic acids is 1. The van der Waals surface area contributed by atoms with Crippen LogP contribution in [0.4, 0.5) is 0 Å². The lowest BCUT2D eigenvalue weighted by atomic mass is 10.1. The van der Waals surface area contributed by atoms with Gasteiger partial charge in [-0.05, 0) is 59.2 Å². The highest BCUT2D eigenvalue weighted by atomic mass is 35.5. The summed E-state index contributed by atoms with van der Waals surface area (Å²) in [5, 5.41) is 8.51. The van der Waals surface area contributed by atoms with Crippen LogP contribution >= 0.6 is 23.2 Å². The van der Waals surface area contributed by atoms with Gasteiger partial charge in [0.2, 0.25) is 0 Å². The van der Waals surface area contributed by atoms with Gasteiger partial charge in [-0.3, -0.25) is 9.48 Å². The average molecular weight is 368 g/mol.